The summed E-state index contributed by atoms with van der Waals surface area (Å²) in [4.78, 5) is 16.4. The number of benzene rings is 2. The SMILES string of the molecule is CSc1ccc(NC(=O)C2CC23CCN(Cc2cc4ccccc4o2)CC3)cc1. The van der Waals surface area contributed by atoms with Crippen LogP contribution in [0.15, 0.2) is 63.9 Å². The molecule has 1 aromatic heterocycles. The highest BCUT2D eigenvalue weighted by atomic mass is 32.2. The Balaban J connectivity index is 1.15. The van der Waals surface area contributed by atoms with E-state index in [1.54, 1.807) is 11.8 Å². The maximum Gasteiger partial charge on any atom is 0.228 e. The molecule has 150 valence electrons. The Hall–Kier alpha value is -2.24. The molecule has 1 aliphatic carbocycles. The Bertz CT molecular complexity index is 986. The molecular weight excluding hydrogens is 380 g/mol. The average Bonchev–Trinajstić information content (AvgIpc) is 3.29. The number of para-hydroxylation sites is 1. The van der Waals surface area contributed by atoms with Gasteiger partial charge < -0.3 is 9.73 Å². The van der Waals surface area contributed by atoms with Crippen LogP contribution in [0.4, 0.5) is 5.69 Å². The van der Waals surface area contributed by atoms with Crippen molar-refractivity contribution in [2.75, 3.05) is 24.7 Å². The zero-order valence-corrected chi connectivity index (χ0v) is 17.5. The lowest BCUT2D eigenvalue weighted by Crippen LogP contribution is -2.35. The third-order valence-corrected chi connectivity index (χ3v) is 7.32. The van der Waals surface area contributed by atoms with Gasteiger partial charge in [0.15, 0.2) is 0 Å². The standard InChI is InChI=1S/C24H26N2O2S/c1-29-20-8-6-18(7-9-20)25-23(27)21-15-24(21)10-12-26(13-11-24)16-19-14-17-4-2-3-5-22(17)28-19/h2-9,14,21H,10-13,15-16H2,1H3,(H,25,27). The molecule has 1 aliphatic heterocycles. The van der Waals surface area contributed by atoms with E-state index < -0.39 is 0 Å². The van der Waals surface area contributed by atoms with Gasteiger partial charge in [-0.3, -0.25) is 9.69 Å². The fourth-order valence-corrected chi connectivity index (χ4v) is 5.07. The first kappa shape index (κ1) is 18.8. The highest BCUT2D eigenvalue weighted by Crippen LogP contribution is 2.59. The second-order valence-corrected chi connectivity index (χ2v) is 9.24. The maximum absolute atomic E-state index is 12.7. The van der Waals surface area contributed by atoms with E-state index in [1.807, 2.05) is 30.3 Å². The van der Waals surface area contributed by atoms with Gasteiger partial charge in [0.25, 0.3) is 0 Å². The van der Waals surface area contributed by atoms with Crippen molar-refractivity contribution in [1.82, 2.24) is 4.90 Å². The lowest BCUT2D eigenvalue weighted by atomic mass is 9.90. The molecule has 1 amide bonds. The smallest absolute Gasteiger partial charge is 0.228 e. The summed E-state index contributed by atoms with van der Waals surface area (Å²) in [6, 6.07) is 18.4. The van der Waals surface area contributed by atoms with Crippen molar-refractivity contribution < 1.29 is 9.21 Å². The van der Waals surface area contributed by atoms with Gasteiger partial charge >= 0.3 is 0 Å². The molecule has 1 N–H and O–H groups in total. The van der Waals surface area contributed by atoms with Crippen LogP contribution in [-0.2, 0) is 11.3 Å². The van der Waals surface area contributed by atoms with Gasteiger partial charge in [0, 0.05) is 21.9 Å². The minimum atomic E-state index is 0.163. The second kappa shape index (κ2) is 7.54. The summed E-state index contributed by atoms with van der Waals surface area (Å²) in [5.41, 5.74) is 2.07. The summed E-state index contributed by atoms with van der Waals surface area (Å²) in [7, 11) is 0. The van der Waals surface area contributed by atoms with Gasteiger partial charge in [0.05, 0.1) is 6.54 Å². The molecule has 1 atom stereocenters. The van der Waals surface area contributed by atoms with E-state index in [4.69, 9.17) is 4.42 Å². The van der Waals surface area contributed by atoms with E-state index in [0.717, 1.165) is 55.9 Å². The molecule has 1 unspecified atom stereocenters. The molecule has 2 heterocycles. The number of thioether (sulfide) groups is 1. The van der Waals surface area contributed by atoms with Crippen molar-refractivity contribution in [3.8, 4) is 0 Å². The number of piperidine rings is 1. The molecule has 1 saturated heterocycles. The van der Waals surface area contributed by atoms with E-state index in [0.29, 0.717) is 0 Å². The van der Waals surface area contributed by atoms with E-state index >= 15 is 0 Å². The summed E-state index contributed by atoms with van der Waals surface area (Å²) in [5.74, 6) is 1.38. The Labute approximate surface area is 175 Å². The van der Waals surface area contributed by atoms with Gasteiger partial charge in [-0.25, -0.2) is 0 Å². The molecule has 2 fully saturated rings. The van der Waals surface area contributed by atoms with Gasteiger partial charge in [-0.2, -0.15) is 0 Å². The van der Waals surface area contributed by atoms with E-state index in [2.05, 4.69) is 40.7 Å². The van der Waals surface area contributed by atoms with Crippen LogP contribution in [0.3, 0.4) is 0 Å². The quantitative estimate of drug-likeness (QED) is 0.577. The van der Waals surface area contributed by atoms with Crippen LogP contribution in [0.25, 0.3) is 11.0 Å². The molecule has 3 aromatic rings. The summed E-state index contributed by atoms with van der Waals surface area (Å²) >= 11 is 1.71. The fourth-order valence-electron chi connectivity index (χ4n) is 4.67. The van der Waals surface area contributed by atoms with Crippen LogP contribution in [0.1, 0.15) is 25.0 Å². The highest BCUT2D eigenvalue weighted by Gasteiger charge is 2.58. The number of carbonyl (C=O) groups is 1. The molecule has 5 rings (SSSR count). The third kappa shape index (κ3) is 3.81. The molecule has 0 radical (unpaired) electrons. The van der Waals surface area contributed by atoms with Crippen LogP contribution in [0.5, 0.6) is 0 Å². The Morgan fingerprint density at radius 3 is 2.66 bits per heavy atom. The fraction of sp³-hybridized carbons (Fsp3) is 0.375. The van der Waals surface area contributed by atoms with Crippen molar-refractivity contribution >= 4 is 34.3 Å². The maximum atomic E-state index is 12.7. The minimum Gasteiger partial charge on any atom is -0.460 e. The Kier molecular flexibility index (Phi) is 4.88. The number of furan rings is 1. The molecule has 0 bridgehead atoms. The van der Waals surface area contributed by atoms with Crippen LogP contribution in [0.2, 0.25) is 0 Å². The number of amides is 1. The van der Waals surface area contributed by atoms with E-state index in [-0.39, 0.29) is 17.2 Å². The van der Waals surface area contributed by atoms with Crippen LogP contribution < -0.4 is 5.32 Å². The summed E-state index contributed by atoms with van der Waals surface area (Å²) in [5, 5.41) is 4.28. The van der Waals surface area contributed by atoms with E-state index in [9.17, 15) is 4.79 Å². The van der Waals surface area contributed by atoms with Gasteiger partial charge in [-0.1, -0.05) is 18.2 Å². The zero-order chi connectivity index (χ0) is 19.8. The first-order valence-corrected chi connectivity index (χ1v) is 11.5. The van der Waals surface area contributed by atoms with Crippen molar-refractivity contribution in [2.45, 2.75) is 30.7 Å². The van der Waals surface area contributed by atoms with Crippen LogP contribution in [-0.4, -0.2) is 30.2 Å². The van der Waals surface area contributed by atoms with Gasteiger partial charge in [0.2, 0.25) is 5.91 Å². The summed E-state index contributed by atoms with van der Waals surface area (Å²) in [6.45, 7) is 2.91. The van der Waals surface area contributed by atoms with E-state index in [1.165, 1.54) is 10.3 Å². The minimum absolute atomic E-state index is 0.163. The van der Waals surface area contributed by atoms with Gasteiger partial charge in [0.1, 0.15) is 11.3 Å². The van der Waals surface area contributed by atoms with Gasteiger partial charge in [-0.15, -0.1) is 11.8 Å². The number of rotatable bonds is 5. The predicted molar refractivity (Wildman–Crippen MR) is 118 cm³/mol. The highest BCUT2D eigenvalue weighted by molar-refractivity contribution is 7.98. The molecule has 1 spiro atoms. The molecule has 2 aliphatic rings. The van der Waals surface area contributed by atoms with Crippen LogP contribution >= 0.6 is 11.8 Å². The summed E-state index contributed by atoms with van der Waals surface area (Å²) < 4.78 is 5.97. The van der Waals surface area contributed by atoms with Crippen molar-refractivity contribution in [3.63, 3.8) is 0 Å². The van der Waals surface area contributed by atoms with Crippen molar-refractivity contribution in [1.29, 1.82) is 0 Å². The van der Waals surface area contributed by atoms with Crippen LogP contribution in [0, 0.1) is 11.3 Å². The number of nitrogens with zero attached hydrogens (tertiary/aromatic N) is 1. The first-order chi connectivity index (χ1) is 14.1. The number of nitrogens with one attached hydrogen (secondary N) is 1. The summed E-state index contributed by atoms with van der Waals surface area (Å²) in [6.07, 6.45) is 5.27. The topological polar surface area (TPSA) is 45.5 Å². The number of hydrogen-bond donors (Lipinski definition) is 1. The van der Waals surface area contributed by atoms with Crippen molar-refractivity contribution in [2.24, 2.45) is 11.3 Å². The largest absolute Gasteiger partial charge is 0.460 e. The molecule has 29 heavy (non-hydrogen) atoms. The lowest BCUT2D eigenvalue weighted by Gasteiger charge is -2.32. The molecule has 5 heteroatoms. The monoisotopic (exact) mass is 406 g/mol. The first-order valence-electron chi connectivity index (χ1n) is 10.3. The molecular formula is C24H26N2O2S. The molecule has 2 aromatic carbocycles. The average molecular weight is 407 g/mol. The molecule has 4 nitrogen and oxygen atoms in total. The predicted octanol–water partition coefficient (Wildman–Crippen LogP) is 5.40. The number of fused-ring (bicyclic) bond motifs is 1. The number of likely N-dealkylation sites (tertiary alicyclic amines) is 1. The van der Waals surface area contributed by atoms with Gasteiger partial charge in [-0.05, 0) is 80.4 Å². The zero-order valence-electron chi connectivity index (χ0n) is 16.7. The Morgan fingerprint density at radius 2 is 1.93 bits per heavy atom. The molecule has 1 saturated carbocycles. The number of anilines is 1. The second-order valence-electron chi connectivity index (χ2n) is 8.36. The van der Waals surface area contributed by atoms with Crippen molar-refractivity contribution in [3.05, 3.63) is 60.4 Å². The normalized spacial score (nSPS) is 20.8. The number of hydrogen-bond acceptors (Lipinski definition) is 4. The number of carbonyl (C=O) groups excluding carboxylic acids is 1. The Morgan fingerprint density at radius 1 is 1.17 bits per heavy atom. The third-order valence-electron chi connectivity index (χ3n) is 6.57. The lowest BCUT2D eigenvalue weighted by molar-refractivity contribution is -0.118.